The van der Waals surface area contributed by atoms with Gasteiger partial charge in [-0.15, -0.1) is 0 Å². The van der Waals surface area contributed by atoms with Crippen LogP contribution in [0.15, 0.2) is 18.3 Å². The monoisotopic (exact) mass is 335 g/mol. The molecule has 0 amide bonds. The van der Waals surface area contributed by atoms with E-state index in [1.165, 1.54) is 11.5 Å². The maximum absolute atomic E-state index is 6.45. The molecule has 114 valence electrons. The first-order valence-electron chi connectivity index (χ1n) is 7.04. The van der Waals surface area contributed by atoms with E-state index in [4.69, 9.17) is 21.3 Å². The molecule has 4 rings (SSSR count). The minimum absolute atomic E-state index is 0.275. The summed E-state index contributed by atoms with van der Waals surface area (Å²) >= 11 is 7.81. The molecule has 0 spiro atoms. The molecule has 0 radical (unpaired) electrons. The van der Waals surface area contributed by atoms with Gasteiger partial charge in [0, 0.05) is 18.8 Å². The lowest BCUT2D eigenvalue weighted by Gasteiger charge is -2.34. The van der Waals surface area contributed by atoms with Crippen molar-refractivity contribution in [2.45, 2.75) is 13.0 Å². The molecule has 1 N–H and O–H groups in total. The topological polar surface area (TPSA) is 66.9 Å². The average Bonchev–Trinajstić information content (AvgIpc) is 3.16. The van der Waals surface area contributed by atoms with E-state index in [2.05, 4.69) is 26.4 Å². The molecule has 22 heavy (non-hydrogen) atoms. The lowest BCUT2D eigenvalue weighted by molar-refractivity contribution is 0.0986. The van der Waals surface area contributed by atoms with E-state index in [-0.39, 0.29) is 6.04 Å². The number of pyridine rings is 1. The predicted octanol–water partition coefficient (Wildman–Crippen LogP) is 2.96. The molecular formula is C14H14ClN5OS. The molecule has 0 bridgehead atoms. The van der Waals surface area contributed by atoms with Crippen LogP contribution in [0.2, 0.25) is 5.02 Å². The van der Waals surface area contributed by atoms with Crippen molar-refractivity contribution in [3.8, 4) is 11.4 Å². The summed E-state index contributed by atoms with van der Waals surface area (Å²) in [6, 6.07) is 4.08. The third-order valence-corrected chi connectivity index (χ3v) is 5.06. The average molecular weight is 336 g/mol. The predicted molar refractivity (Wildman–Crippen MR) is 87.6 cm³/mol. The number of ether oxygens (including phenoxy) is 1. The first kappa shape index (κ1) is 13.9. The number of anilines is 1. The van der Waals surface area contributed by atoms with Gasteiger partial charge in [-0.05, 0) is 24.5 Å². The van der Waals surface area contributed by atoms with E-state index < -0.39 is 0 Å². The third kappa shape index (κ3) is 2.25. The molecule has 8 heteroatoms. The third-order valence-electron chi connectivity index (χ3n) is 3.78. The highest BCUT2D eigenvalue weighted by Crippen LogP contribution is 2.36. The number of hydrogen-bond donors (Lipinski definition) is 1. The van der Waals surface area contributed by atoms with E-state index in [0.717, 1.165) is 34.0 Å². The normalized spacial score (nSPS) is 19.0. The molecule has 1 atom stereocenters. The van der Waals surface area contributed by atoms with Crippen molar-refractivity contribution in [2.24, 2.45) is 0 Å². The molecule has 3 aromatic heterocycles. The maximum atomic E-state index is 6.45. The van der Waals surface area contributed by atoms with Gasteiger partial charge in [-0.3, -0.25) is 5.10 Å². The number of fused-ring (bicyclic) bond motifs is 1. The number of hydrogen-bond acceptors (Lipinski definition) is 6. The van der Waals surface area contributed by atoms with Crippen LogP contribution in [0.3, 0.4) is 0 Å². The molecule has 3 aromatic rings. The molecular weight excluding hydrogens is 322 g/mol. The molecule has 1 unspecified atom stereocenters. The van der Waals surface area contributed by atoms with E-state index in [1.54, 1.807) is 6.20 Å². The molecule has 1 fully saturated rings. The Morgan fingerprint density at radius 3 is 3.18 bits per heavy atom. The van der Waals surface area contributed by atoms with Gasteiger partial charge >= 0.3 is 0 Å². The zero-order valence-corrected chi connectivity index (χ0v) is 13.5. The summed E-state index contributed by atoms with van der Waals surface area (Å²) in [4.78, 5) is 7.04. The van der Waals surface area contributed by atoms with Gasteiger partial charge in [0.1, 0.15) is 17.0 Å². The summed E-state index contributed by atoms with van der Waals surface area (Å²) in [5.41, 5.74) is 2.46. The summed E-state index contributed by atoms with van der Waals surface area (Å²) in [7, 11) is 0. The van der Waals surface area contributed by atoms with Gasteiger partial charge in [-0.25, -0.2) is 4.98 Å². The van der Waals surface area contributed by atoms with Gasteiger partial charge in [-0.2, -0.15) is 9.47 Å². The Morgan fingerprint density at radius 1 is 1.50 bits per heavy atom. The summed E-state index contributed by atoms with van der Waals surface area (Å²) in [5.74, 6) is 0.870. The molecule has 1 aliphatic rings. The highest BCUT2D eigenvalue weighted by atomic mass is 35.5. The number of nitrogens with zero attached hydrogens (tertiary/aromatic N) is 4. The van der Waals surface area contributed by atoms with Crippen LogP contribution in [0.4, 0.5) is 5.82 Å². The molecule has 1 aliphatic heterocycles. The molecule has 6 nitrogen and oxygen atoms in total. The molecule has 0 aromatic carbocycles. The van der Waals surface area contributed by atoms with Gasteiger partial charge in [-0.1, -0.05) is 11.6 Å². The molecule has 1 saturated heterocycles. The minimum Gasteiger partial charge on any atom is -0.377 e. The first-order valence-corrected chi connectivity index (χ1v) is 8.19. The molecule has 4 heterocycles. The number of aromatic nitrogens is 4. The lowest BCUT2D eigenvalue weighted by atomic mass is 10.2. The van der Waals surface area contributed by atoms with Crippen LogP contribution in [0.25, 0.3) is 21.6 Å². The fraction of sp³-hybridized carbons (Fsp3) is 0.357. The van der Waals surface area contributed by atoms with Crippen LogP contribution in [-0.4, -0.2) is 45.4 Å². The Kier molecular flexibility index (Phi) is 3.48. The second kappa shape index (κ2) is 5.49. The summed E-state index contributed by atoms with van der Waals surface area (Å²) < 4.78 is 10.9. The number of aromatic amines is 1. The zero-order valence-electron chi connectivity index (χ0n) is 11.9. The SMILES string of the molecule is CC1COCCN1c1cc(Cl)c2snc(-c3ccn[nH]3)c2n1. The number of rotatable bonds is 2. The van der Waals surface area contributed by atoms with E-state index >= 15 is 0 Å². The van der Waals surface area contributed by atoms with Gasteiger partial charge in [0.05, 0.1) is 34.7 Å². The van der Waals surface area contributed by atoms with Crippen molar-refractivity contribution in [1.82, 2.24) is 19.6 Å². The van der Waals surface area contributed by atoms with Crippen LogP contribution >= 0.6 is 23.1 Å². The first-order chi connectivity index (χ1) is 10.7. The summed E-state index contributed by atoms with van der Waals surface area (Å²) in [6.45, 7) is 4.34. The van der Waals surface area contributed by atoms with Gasteiger partial charge in [0.2, 0.25) is 0 Å². The van der Waals surface area contributed by atoms with Crippen molar-refractivity contribution in [2.75, 3.05) is 24.7 Å². The second-order valence-corrected chi connectivity index (χ2v) is 6.44. The summed E-state index contributed by atoms with van der Waals surface area (Å²) in [6.07, 6.45) is 1.70. The largest absolute Gasteiger partial charge is 0.377 e. The standard InChI is InChI=1S/C14H14ClN5OS/c1-8-7-21-5-4-20(8)11-6-9(15)14-13(17-11)12(19-22-14)10-2-3-16-18-10/h2-3,6,8H,4-5,7H2,1H3,(H,16,18). The maximum Gasteiger partial charge on any atom is 0.131 e. The van der Waals surface area contributed by atoms with Crippen LogP contribution in [0.1, 0.15) is 6.92 Å². The second-order valence-electron chi connectivity index (χ2n) is 5.26. The fourth-order valence-electron chi connectivity index (χ4n) is 2.65. The van der Waals surface area contributed by atoms with E-state index in [0.29, 0.717) is 18.2 Å². The smallest absolute Gasteiger partial charge is 0.131 e. The van der Waals surface area contributed by atoms with Crippen molar-refractivity contribution < 1.29 is 4.74 Å². The van der Waals surface area contributed by atoms with Gasteiger partial charge < -0.3 is 9.64 Å². The van der Waals surface area contributed by atoms with E-state index in [9.17, 15) is 0 Å². The van der Waals surface area contributed by atoms with Gasteiger partial charge in [0.25, 0.3) is 0 Å². The minimum atomic E-state index is 0.275. The van der Waals surface area contributed by atoms with Crippen LogP contribution < -0.4 is 4.90 Å². The number of halogens is 1. The number of nitrogens with one attached hydrogen (secondary N) is 1. The lowest BCUT2D eigenvalue weighted by Crippen LogP contribution is -2.44. The Morgan fingerprint density at radius 2 is 2.41 bits per heavy atom. The van der Waals surface area contributed by atoms with Crippen molar-refractivity contribution in [3.63, 3.8) is 0 Å². The van der Waals surface area contributed by atoms with Crippen LogP contribution in [0, 0.1) is 0 Å². The number of morpholine rings is 1. The molecule has 0 aliphatic carbocycles. The van der Waals surface area contributed by atoms with Gasteiger partial charge in [0.15, 0.2) is 0 Å². The van der Waals surface area contributed by atoms with Crippen LogP contribution in [0.5, 0.6) is 0 Å². The zero-order chi connectivity index (χ0) is 15.1. The van der Waals surface area contributed by atoms with Crippen molar-refractivity contribution in [3.05, 3.63) is 23.4 Å². The summed E-state index contributed by atoms with van der Waals surface area (Å²) in [5, 5.41) is 7.60. The molecule has 0 saturated carbocycles. The Balaban J connectivity index is 1.85. The Bertz CT molecular complexity index is 803. The van der Waals surface area contributed by atoms with Crippen LogP contribution in [-0.2, 0) is 4.74 Å². The van der Waals surface area contributed by atoms with E-state index in [1.807, 2.05) is 12.1 Å². The van der Waals surface area contributed by atoms with Crippen molar-refractivity contribution in [1.29, 1.82) is 0 Å². The fourth-order valence-corrected chi connectivity index (χ4v) is 3.68. The Hall–Kier alpha value is -1.70. The van der Waals surface area contributed by atoms with Crippen molar-refractivity contribution >= 4 is 39.2 Å². The Labute approximate surface area is 136 Å². The highest BCUT2D eigenvalue weighted by Gasteiger charge is 2.23. The highest BCUT2D eigenvalue weighted by molar-refractivity contribution is 7.14. The number of H-pyrrole nitrogens is 1. The quantitative estimate of drug-likeness (QED) is 0.780.